The number of methoxy groups -OCH3 is 1. The van der Waals surface area contributed by atoms with E-state index in [0.29, 0.717) is 46.8 Å². The topological polar surface area (TPSA) is 67.9 Å². The number of halogens is 1. The zero-order valence-corrected chi connectivity index (χ0v) is 21.0. The normalized spacial score (nSPS) is 23.1. The lowest BCUT2D eigenvalue weighted by molar-refractivity contribution is 0.0596. The van der Waals surface area contributed by atoms with E-state index in [1.165, 1.54) is 24.8 Å². The van der Waals surface area contributed by atoms with Gasteiger partial charge in [0.25, 0.3) is 0 Å². The van der Waals surface area contributed by atoms with Gasteiger partial charge in [-0.15, -0.1) is 0 Å². The molecule has 1 N–H and O–H groups in total. The molecule has 0 radical (unpaired) electrons. The summed E-state index contributed by atoms with van der Waals surface area (Å²) in [6.45, 7) is 5.74. The van der Waals surface area contributed by atoms with Gasteiger partial charge in [0.1, 0.15) is 17.1 Å². The van der Waals surface area contributed by atoms with Crippen molar-refractivity contribution in [1.29, 1.82) is 0 Å². The molecule has 35 heavy (non-hydrogen) atoms. The fraction of sp³-hybridized carbons (Fsp3) is 0.444. The van der Waals surface area contributed by atoms with Gasteiger partial charge in [-0.05, 0) is 80.1 Å². The number of esters is 1. The van der Waals surface area contributed by atoms with Crippen molar-refractivity contribution in [2.45, 2.75) is 43.4 Å². The van der Waals surface area contributed by atoms with Crippen LogP contribution in [-0.4, -0.2) is 48.4 Å². The summed E-state index contributed by atoms with van der Waals surface area (Å²) in [4.78, 5) is 15.6. The number of ether oxygens (including phenoxy) is 2. The summed E-state index contributed by atoms with van der Waals surface area (Å²) in [6, 6.07) is 8.00. The van der Waals surface area contributed by atoms with Crippen LogP contribution in [0.4, 0.5) is 10.1 Å². The average Bonchev–Trinajstić information content (AvgIpc) is 3.67. The number of carbonyl (C=O) groups excluding carboxylic acids is 1. The van der Waals surface area contributed by atoms with Crippen LogP contribution >= 0.6 is 0 Å². The Morgan fingerprint density at radius 1 is 1.34 bits per heavy atom. The quantitative estimate of drug-likeness (QED) is 0.438. The van der Waals surface area contributed by atoms with E-state index < -0.39 is 17.0 Å². The maximum absolute atomic E-state index is 14.1. The van der Waals surface area contributed by atoms with Gasteiger partial charge in [-0.1, -0.05) is 24.6 Å². The third-order valence-corrected chi connectivity index (χ3v) is 8.43. The fourth-order valence-corrected chi connectivity index (χ4v) is 6.20. The highest BCUT2D eigenvalue weighted by atomic mass is 32.2. The monoisotopic (exact) mass is 498 g/mol. The largest absolute Gasteiger partial charge is 0.492 e. The molecule has 2 fully saturated rings. The number of likely N-dealkylation sites (tertiary alicyclic amines) is 1. The first kappa shape index (κ1) is 24.0. The van der Waals surface area contributed by atoms with E-state index in [1.807, 2.05) is 6.07 Å². The molecule has 6 nitrogen and oxygen atoms in total. The highest BCUT2D eigenvalue weighted by Crippen LogP contribution is 2.55. The van der Waals surface area contributed by atoms with Crippen LogP contribution in [0.25, 0.3) is 0 Å². The summed E-state index contributed by atoms with van der Waals surface area (Å²) in [5.41, 5.74) is 3.63. The zero-order valence-electron chi connectivity index (χ0n) is 20.1. The lowest BCUT2D eigenvalue weighted by atomic mass is 10.0. The number of nitrogens with one attached hydrogen (secondary N) is 1. The summed E-state index contributed by atoms with van der Waals surface area (Å²) < 4.78 is 41.5. The first-order chi connectivity index (χ1) is 17.0. The van der Waals surface area contributed by atoms with Crippen LogP contribution in [0.3, 0.4) is 0 Å². The smallest absolute Gasteiger partial charge is 0.343 e. The van der Waals surface area contributed by atoms with Gasteiger partial charge in [0.15, 0.2) is 11.0 Å². The summed E-state index contributed by atoms with van der Waals surface area (Å²) in [7, 11) is -0.396. The molecule has 2 aliphatic heterocycles. The van der Waals surface area contributed by atoms with Crippen molar-refractivity contribution in [3.63, 3.8) is 0 Å². The number of fused-ring (bicyclic) bond motifs is 3. The summed E-state index contributed by atoms with van der Waals surface area (Å²) >= 11 is 0. The molecule has 0 bridgehead atoms. The molecule has 0 aromatic heterocycles. The molecular weight excluding hydrogens is 467 g/mol. The van der Waals surface area contributed by atoms with Gasteiger partial charge in [0.05, 0.1) is 24.3 Å². The number of anilines is 1. The van der Waals surface area contributed by atoms with Crippen molar-refractivity contribution < 1.29 is 22.9 Å². The van der Waals surface area contributed by atoms with Crippen LogP contribution in [0.1, 0.15) is 53.6 Å². The Hall–Kier alpha value is -2.71. The second-order valence-electron chi connectivity index (χ2n) is 9.47. The Morgan fingerprint density at radius 3 is 3.00 bits per heavy atom. The molecule has 0 spiro atoms. The number of hydrogen-bond acceptors (Lipinski definition) is 5. The van der Waals surface area contributed by atoms with Gasteiger partial charge in [0, 0.05) is 12.5 Å². The standard InChI is InChI=1S/C27H31FN2O4S/c1-3-30-12-4-5-17(15-30)6-7-18-13-20(28)8-11-24(18)35(32)29-23-10-9-21-22-14-19(22)16-34-26(21)25(23)27(31)33-2/h6,8-11,13,19,22,29H,3-5,7,12,14-16H2,1-2H3. The molecule has 1 saturated carbocycles. The van der Waals surface area contributed by atoms with Gasteiger partial charge in [-0.2, -0.15) is 0 Å². The Morgan fingerprint density at radius 2 is 2.20 bits per heavy atom. The maximum atomic E-state index is 14.1. The van der Waals surface area contributed by atoms with E-state index in [2.05, 4.69) is 22.6 Å². The molecule has 2 heterocycles. The number of rotatable bonds is 7. The predicted molar refractivity (Wildman–Crippen MR) is 134 cm³/mol. The first-order valence-corrected chi connectivity index (χ1v) is 13.4. The van der Waals surface area contributed by atoms with E-state index in [9.17, 15) is 13.4 Å². The van der Waals surface area contributed by atoms with Crippen LogP contribution in [0, 0.1) is 11.7 Å². The molecule has 186 valence electrons. The maximum Gasteiger partial charge on any atom is 0.343 e. The second kappa shape index (κ2) is 10.1. The Kier molecular flexibility index (Phi) is 6.93. The SMILES string of the molecule is CCN1CCCC(=CCc2cc(F)ccc2S(=O)Nc2ccc3c(c2C(=O)OC)OCC2CC32)C1. The number of carbonyl (C=O) groups is 1. The van der Waals surface area contributed by atoms with Gasteiger partial charge in [-0.3, -0.25) is 4.90 Å². The van der Waals surface area contributed by atoms with Crippen LogP contribution < -0.4 is 9.46 Å². The minimum Gasteiger partial charge on any atom is -0.492 e. The summed E-state index contributed by atoms with van der Waals surface area (Å²) in [5.74, 6) is 0.517. The first-order valence-electron chi connectivity index (χ1n) is 12.2. The van der Waals surface area contributed by atoms with E-state index >= 15 is 0 Å². The van der Waals surface area contributed by atoms with Gasteiger partial charge in [0.2, 0.25) is 0 Å². The molecule has 3 atom stereocenters. The van der Waals surface area contributed by atoms with Crippen LogP contribution in [-0.2, 0) is 22.1 Å². The number of benzene rings is 2. The molecule has 3 unspecified atom stereocenters. The third kappa shape index (κ3) is 5.00. The van der Waals surface area contributed by atoms with E-state index in [0.717, 1.165) is 44.5 Å². The number of allylic oxidation sites excluding steroid dienone is 1. The van der Waals surface area contributed by atoms with E-state index in [4.69, 9.17) is 9.47 Å². The lowest BCUT2D eigenvalue weighted by Gasteiger charge is -2.27. The molecule has 5 rings (SSSR count). The number of likely N-dealkylation sites (N-methyl/N-ethyl adjacent to an activating group) is 1. The molecule has 8 heteroatoms. The number of piperidine rings is 1. The molecule has 2 aromatic carbocycles. The van der Waals surface area contributed by atoms with Gasteiger partial charge in [-0.25, -0.2) is 13.4 Å². The third-order valence-electron chi connectivity index (χ3n) is 7.22. The number of nitrogens with zero attached hydrogens (tertiary/aromatic N) is 1. The molecular formula is C27H31FN2O4S. The van der Waals surface area contributed by atoms with Gasteiger partial charge < -0.3 is 14.2 Å². The predicted octanol–water partition coefficient (Wildman–Crippen LogP) is 4.83. The Labute approximate surface area is 208 Å². The average molecular weight is 499 g/mol. The Balaban J connectivity index is 1.41. The van der Waals surface area contributed by atoms with E-state index in [-0.39, 0.29) is 11.4 Å². The summed E-state index contributed by atoms with van der Waals surface area (Å²) in [6.07, 6.45) is 5.82. The number of hydrogen-bond donors (Lipinski definition) is 1. The molecule has 2 aromatic rings. The van der Waals surface area contributed by atoms with Crippen molar-refractivity contribution in [3.8, 4) is 5.75 Å². The Bertz CT molecular complexity index is 1200. The van der Waals surface area contributed by atoms with Crippen molar-refractivity contribution in [3.05, 3.63) is 64.5 Å². The van der Waals surface area contributed by atoms with Crippen LogP contribution in [0.15, 0.2) is 46.9 Å². The van der Waals surface area contributed by atoms with Crippen LogP contribution in [0.2, 0.25) is 0 Å². The van der Waals surface area contributed by atoms with Crippen molar-refractivity contribution >= 4 is 22.6 Å². The molecule has 3 aliphatic rings. The molecule has 0 amide bonds. The van der Waals surface area contributed by atoms with Gasteiger partial charge >= 0.3 is 5.97 Å². The minimum atomic E-state index is -1.72. The lowest BCUT2D eigenvalue weighted by Crippen LogP contribution is -2.30. The van der Waals surface area contributed by atoms with Crippen molar-refractivity contribution in [1.82, 2.24) is 4.90 Å². The van der Waals surface area contributed by atoms with E-state index in [1.54, 1.807) is 12.1 Å². The molecule has 1 saturated heterocycles. The highest BCUT2D eigenvalue weighted by Gasteiger charge is 2.45. The highest BCUT2D eigenvalue weighted by molar-refractivity contribution is 7.86. The van der Waals surface area contributed by atoms with Crippen molar-refractivity contribution in [2.24, 2.45) is 5.92 Å². The zero-order chi connectivity index (χ0) is 24.5. The summed E-state index contributed by atoms with van der Waals surface area (Å²) in [5, 5.41) is 0. The van der Waals surface area contributed by atoms with Crippen molar-refractivity contribution in [2.75, 3.05) is 38.1 Å². The fourth-order valence-electron chi connectivity index (χ4n) is 5.15. The second-order valence-corrected chi connectivity index (χ2v) is 10.7. The molecule has 1 aliphatic carbocycles. The van der Waals surface area contributed by atoms with Crippen LogP contribution in [0.5, 0.6) is 5.75 Å². The minimum absolute atomic E-state index is 0.261.